The highest BCUT2D eigenvalue weighted by atomic mass is 35.5. The van der Waals surface area contributed by atoms with Crippen LogP contribution in [0, 0.1) is 4.77 Å². The van der Waals surface area contributed by atoms with Crippen LogP contribution in [0.2, 0.25) is 5.02 Å². The summed E-state index contributed by atoms with van der Waals surface area (Å²) in [6, 6.07) is 13.2. The van der Waals surface area contributed by atoms with Crippen molar-refractivity contribution in [2.45, 2.75) is 6.61 Å². The van der Waals surface area contributed by atoms with Gasteiger partial charge in [-0.1, -0.05) is 23.7 Å². The summed E-state index contributed by atoms with van der Waals surface area (Å²) in [7, 11) is 0. The van der Waals surface area contributed by atoms with Gasteiger partial charge in [0.25, 0.3) is 0 Å². The quantitative estimate of drug-likeness (QED) is 0.513. The highest BCUT2D eigenvalue weighted by Gasteiger charge is 2.11. The molecule has 2 aromatic carbocycles. The van der Waals surface area contributed by atoms with Gasteiger partial charge in [-0.2, -0.15) is 23.7 Å². The summed E-state index contributed by atoms with van der Waals surface area (Å²) in [6.07, 6.45) is 1.53. The standard InChI is InChI=1S/C16H11ClF2N4OS/c17-13-4-2-1-3-12(13)14-21-22-16(25)23(14)20-9-10-5-7-11(8-6-10)24-15(18)19/h1-9,15H,(H,22,25). The predicted octanol–water partition coefficient (Wildman–Crippen LogP) is 4.74. The molecule has 1 aromatic heterocycles. The van der Waals surface area contributed by atoms with Crippen molar-refractivity contribution < 1.29 is 13.5 Å². The average molecular weight is 381 g/mol. The van der Waals surface area contributed by atoms with E-state index in [1.807, 2.05) is 12.1 Å². The van der Waals surface area contributed by atoms with Gasteiger partial charge in [-0.25, -0.2) is 5.10 Å². The number of H-pyrrole nitrogens is 1. The zero-order chi connectivity index (χ0) is 17.8. The second-order valence-corrected chi connectivity index (χ2v) is 5.63. The number of nitrogens with zero attached hydrogens (tertiary/aromatic N) is 3. The molecule has 0 bridgehead atoms. The van der Waals surface area contributed by atoms with Gasteiger partial charge in [0, 0.05) is 5.56 Å². The van der Waals surface area contributed by atoms with E-state index in [1.165, 1.54) is 23.0 Å². The molecule has 1 N–H and O–H groups in total. The summed E-state index contributed by atoms with van der Waals surface area (Å²) < 4.78 is 30.3. The minimum atomic E-state index is -2.86. The molecule has 0 atom stereocenters. The van der Waals surface area contributed by atoms with Crippen molar-refractivity contribution in [2.75, 3.05) is 0 Å². The molecule has 0 aliphatic heterocycles. The van der Waals surface area contributed by atoms with Crippen LogP contribution >= 0.6 is 23.8 Å². The van der Waals surface area contributed by atoms with Gasteiger partial charge in [0.2, 0.25) is 4.77 Å². The molecule has 0 aliphatic carbocycles. The monoisotopic (exact) mass is 380 g/mol. The summed E-state index contributed by atoms with van der Waals surface area (Å²) in [5.41, 5.74) is 1.35. The molecule has 0 amide bonds. The van der Waals surface area contributed by atoms with E-state index in [1.54, 1.807) is 24.3 Å². The normalized spacial score (nSPS) is 11.4. The van der Waals surface area contributed by atoms with Crippen LogP contribution in [0.4, 0.5) is 8.78 Å². The SMILES string of the molecule is FC(F)Oc1ccc(C=Nn2c(-c3ccccc3Cl)n[nH]c2=S)cc1. The van der Waals surface area contributed by atoms with Crippen LogP contribution in [0.1, 0.15) is 5.56 Å². The predicted molar refractivity (Wildman–Crippen MR) is 93.9 cm³/mol. The zero-order valence-corrected chi connectivity index (χ0v) is 14.1. The Bertz CT molecular complexity index is 953. The Kier molecular flexibility index (Phi) is 5.20. The first-order chi connectivity index (χ1) is 12.0. The largest absolute Gasteiger partial charge is 0.435 e. The molecule has 0 radical (unpaired) electrons. The van der Waals surface area contributed by atoms with Crippen molar-refractivity contribution in [2.24, 2.45) is 5.10 Å². The summed E-state index contributed by atoms with van der Waals surface area (Å²) in [5.74, 6) is 0.535. The topological polar surface area (TPSA) is 55.2 Å². The van der Waals surface area contributed by atoms with E-state index in [4.69, 9.17) is 23.8 Å². The Morgan fingerprint density at radius 2 is 1.92 bits per heavy atom. The third-order valence-corrected chi connectivity index (χ3v) is 3.79. The Balaban J connectivity index is 1.89. The Morgan fingerprint density at radius 3 is 2.60 bits per heavy atom. The van der Waals surface area contributed by atoms with Crippen LogP contribution in [-0.2, 0) is 0 Å². The fourth-order valence-corrected chi connectivity index (χ4v) is 2.47. The molecule has 0 aliphatic rings. The summed E-state index contributed by atoms with van der Waals surface area (Å²) in [4.78, 5) is 0. The number of nitrogens with one attached hydrogen (secondary N) is 1. The third-order valence-electron chi connectivity index (χ3n) is 3.19. The van der Waals surface area contributed by atoms with Gasteiger partial charge >= 0.3 is 6.61 Å². The van der Waals surface area contributed by atoms with Crippen molar-refractivity contribution in [3.05, 3.63) is 63.9 Å². The Hall–Kier alpha value is -2.58. The molecule has 0 unspecified atom stereocenters. The van der Waals surface area contributed by atoms with E-state index in [-0.39, 0.29) is 5.75 Å². The molecule has 0 saturated carbocycles. The number of rotatable bonds is 5. The van der Waals surface area contributed by atoms with Gasteiger partial charge < -0.3 is 4.74 Å². The van der Waals surface area contributed by atoms with E-state index >= 15 is 0 Å². The molecule has 0 saturated heterocycles. The third kappa shape index (κ3) is 4.09. The van der Waals surface area contributed by atoms with Crippen molar-refractivity contribution in [1.29, 1.82) is 0 Å². The lowest BCUT2D eigenvalue weighted by molar-refractivity contribution is -0.0498. The van der Waals surface area contributed by atoms with Crippen LogP contribution in [0.3, 0.4) is 0 Å². The minimum Gasteiger partial charge on any atom is -0.435 e. The van der Waals surface area contributed by atoms with Crippen LogP contribution in [0.5, 0.6) is 5.75 Å². The molecule has 5 nitrogen and oxygen atoms in total. The first-order valence-corrected chi connectivity index (χ1v) is 7.85. The maximum absolute atomic E-state index is 12.2. The van der Waals surface area contributed by atoms with E-state index in [9.17, 15) is 8.78 Å². The lowest BCUT2D eigenvalue weighted by Gasteiger charge is -2.04. The number of aromatic nitrogens is 3. The number of ether oxygens (including phenoxy) is 1. The fourth-order valence-electron chi connectivity index (χ4n) is 2.08. The van der Waals surface area contributed by atoms with Crippen LogP contribution < -0.4 is 4.74 Å². The summed E-state index contributed by atoms with van der Waals surface area (Å²) in [6.45, 7) is -2.86. The second kappa shape index (κ2) is 7.54. The number of hydrogen-bond acceptors (Lipinski definition) is 4. The number of alkyl halides is 2. The van der Waals surface area contributed by atoms with Crippen molar-refractivity contribution in [1.82, 2.24) is 14.9 Å². The molecular formula is C16H11ClF2N4OS. The molecule has 128 valence electrons. The van der Waals surface area contributed by atoms with Crippen LogP contribution in [0.15, 0.2) is 53.6 Å². The smallest absolute Gasteiger partial charge is 0.387 e. The van der Waals surface area contributed by atoms with Crippen LogP contribution in [0.25, 0.3) is 11.4 Å². The molecule has 9 heteroatoms. The van der Waals surface area contributed by atoms with E-state index in [0.29, 0.717) is 26.7 Å². The summed E-state index contributed by atoms with van der Waals surface area (Å²) in [5, 5.41) is 11.6. The Labute approximate surface area is 151 Å². The van der Waals surface area contributed by atoms with Gasteiger partial charge in [-0.05, 0) is 54.2 Å². The van der Waals surface area contributed by atoms with E-state index in [2.05, 4.69) is 20.0 Å². The zero-order valence-electron chi connectivity index (χ0n) is 12.6. The van der Waals surface area contributed by atoms with Gasteiger partial charge in [-0.15, -0.1) is 0 Å². The highest BCUT2D eigenvalue weighted by molar-refractivity contribution is 7.71. The van der Waals surface area contributed by atoms with E-state index < -0.39 is 6.61 Å². The Morgan fingerprint density at radius 1 is 1.20 bits per heavy atom. The van der Waals surface area contributed by atoms with Crippen molar-refractivity contribution in [3.8, 4) is 17.1 Å². The number of aromatic amines is 1. The molecule has 3 aromatic rings. The fraction of sp³-hybridized carbons (Fsp3) is 0.0625. The average Bonchev–Trinajstić information content (AvgIpc) is 2.95. The number of hydrogen-bond donors (Lipinski definition) is 1. The highest BCUT2D eigenvalue weighted by Crippen LogP contribution is 2.25. The second-order valence-electron chi connectivity index (χ2n) is 4.84. The molecule has 25 heavy (non-hydrogen) atoms. The minimum absolute atomic E-state index is 0.0730. The lowest BCUT2D eigenvalue weighted by Crippen LogP contribution is -2.01. The lowest BCUT2D eigenvalue weighted by atomic mass is 10.2. The number of halogens is 3. The van der Waals surface area contributed by atoms with E-state index in [0.717, 1.165) is 0 Å². The maximum atomic E-state index is 12.2. The van der Waals surface area contributed by atoms with Gasteiger partial charge in [0.1, 0.15) is 5.75 Å². The van der Waals surface area contributed by atoms with Crippen molar-refractivity contribution >= 4 is 30.0 Å². The molecule has 3 rings (SSSR count). The maximum Gasteiger partial charge on any atom is 0.387 e. The summed E-state index contributed by atoms with van der Waals surface area (Å²) >= 11 is 11.4. The molecule has 0 spiro atoms. The first-order valence-electron chi connectivity index (χ1n) is 7.06. The molecule has 0 fully saturated rings. The van der Waals surface area contributed by atoms with Crippen LogP contribution in [-0.4, -0.2) is 27.7 Å². The molecule has 1 heterocycles. The number of benzene rings is 2. The first kappa shape index (κ1) is 17.2. The van der Waals surface area contributed by atoms with Gasteiger partial charge in [0.05, 0.1) is 11.2 Å². The van der Waals surface area contributed by atoms with Gasteiger partial charge in [0.15, 0.2) is 5.82 Å². The molecular weight excluding hydrogens is 370 g/mol. The van der Waals surface area contributed by atoms with Gasteiger partial charge in [-0.3, -0.25) is 0 Å². The van der Waals surface area contributed by atoms with Crippen molar-refractivity contribution in [3.63, 3.8) is 0 Å².